The molecule has 0 unspecified atom stereocenters. The van der Waals surface area contributed by atoms with Gasteiger partial charge in [0.05, 0.1) is 0 Å². The van der Waals surface area contributed by atoms with Gasteiger partial charge in [-0.25, -0.2) is 0 Å². The topological polar surface area (TPSA) is 0 Å². The molecule has 0 nitrogen and oxygen atoms in total. The van der Waals surface area contributed by atoms with Crippen LogP contribution in [0.15, 0.2) is 158 Å². The molecule has 0 fully saturated rings. The average molecular weight is 632 g/mol. The minimum absolute atomic E-state index is 0.455. The first-order valence-electron chi connectivity index (χ1n) is 14.4. The van der Waals surface area contributed by atoms with Crippen LogP contribution in [0, 0.1) is 13.8 Å². The number of hydrogen-bond acceptors (Lipinski definition) is 0. The van der Waals surface area contributed by atoms with Crippen molar-refractivity contribution in [3.05, 3.63) is 169 Å². The molecule has 0 bridgehead atoms. The van der Waals surface area contributed by atoms with E-state index in [1.54, 1.807) is 23.3 Å². The van der Waals surface area contributed by atoms with E-state index >= 15 is 0 Å². The van der Waals surface area contributed by atoms with Crippen molar-refractivity contribution in [2.45, 2.75) is 13.8 Å². The molecule has 0 N–H and O–H groups in total. The molecule has 2 heteroatoms. The maximum absolute atomic E-state index is 2.26. The second-order valence-corrected chi connectivity index (χ2v) is 16.3. The quantitative estimate of drug-likeness (QED) is 0.132. The van der Waals surface area contributed by atoms with Crippen LogP contribution in [0.5, 0.6) is 0 Å². The zero-order valence-corrected chi connectivity index (χ0v) is 27.5. The van der Waals surface area contributed by atoms with Crippen molar-refractivity contribution in [1.82, 2.24) is 0 Å². The third kappa shape index (κ3) is 6.31. The summed E-state index contributed by atoms with van der Waals surface area (Å²) in [5.41, 5.74) is 2.23. The minimum atomic E-state index is -0.455. The van der Waals surface area contributed by atoms with Crippen molar-refractivity contribution in [3.63, 3.8) is 0 Å². The van der Waals surface area contributed by atoms with Gasteiger partial charge in [0.25, 0.3) is 0 Å². The summed E-state index contributed by atoms with van der Waals surface area (Å²) >= 11 is 1.64. The predicted molar refractivity (Wildman–Crippen MR) is 181 cm³/mol. The van der Waals surface area contributed by atoms with E-state index in [1.807, 2.05) is 0 Å². The van der Waals surface area contributed by atoms with Crippen molar-refractivity contribution < 1.29 is 23.3 Å². The first-order valence-corrected chi connectivity index (χ1v) is 19.5. The van der Waals surface area contributed by atoms with Crippen molar-refractivity contribution in [1.29, 1.82) is 0 Å². The summed E-state index contributed by atoms with van der Waals surface area (Å²) in [5.74, 6) is 0. The second-order valence-electron chi connectivity index (χ2n) is 10.8. The summed E-state index contributed by atoms with van der Waals surface area (Å²) in [4.78, 5) is 0. The molecule has 0 heterocycles. The third-order valence-corrected chi connectivity index (χ3v) is 13.7. The zero-order valence-electron chi connectivity index (χ0n) is 24.0. The molecule has 0 aliphatic carbocycles. The Morgan fingerprint density at radius 2 is 0.786 bits per heavy atom. The number of fused-ring (bicyclic) bond motifs is 6. The molecule has 0 atom stereocenters. The standard InChI is InChI=1S/2C14H11.C12H10Si.Zr/c2*1-10-8-12-7-6-11-4-2-3-5-13(11)14(12)9-10;1-3-7-11(8-4-1)13-12-9-5-2-6-10-12;/h2*2-9H,1H3;1-10H;/q2*-1;;+2. The molecule has 0 saturated carbocycles. The van der Waals surface area contributed by atoms with Gasteiger partial charge in [0.1, 0.15) is 0 Å². The van der Waals surface area contributed by atoms with E-state index in [1.165, 1.54) is 64.6 Å². The molecule has 8 aromatic rings. The molecule has 0 aliphatic heterocycles. The van der Waals surface area contributed by atoms with Crippen LogP contribution in [-0.2, 0) is 23.3 Å². The van der Waals surface area contributed by atoms with Gasteiger partial charge in [0.2, 0.25) is 0 Å². The van der Waals surface area contributed by atoms with Crippen molar-refractivity contribution >= 4 is 58.9 Å². The van der Waals surface area contributed by atoms with Crippen LogP contribution in [0.25, 0.3) is 43.1 Å². The molecule has 200 valence electrons. The Kier molecular flexibility index (Phi) is 8.75. The molecule has 0 aliphatic rings. The van der Waals surface area contributed by atoms with Crippen molar-refractivity contribution in [2.75, 3.05) is 0 Å². The summed E-state index contributed by atoms with van der Waals surface area (Å²) in [5, 5.41) is 13.8. The number of hydrogen-bond donors (Lipinski definition) is 0. The van der Waals surface area contributed by atoms with E-state index in [0.717, 1.165) is 0 Å². The van der Waals surface area contributed by atoms with Gasteiger partial charge in [-0.2, -0.15) is 12.1 Å². The van der Waals surface area contributed by atoms with Gasteiger partial charge >= 0.3 is 99.8 Å². The van der Waals surface area contributed by atoms with E-state index in [4.69, 9.17) is 0 Å². The van der Waals surface area contributed by atoms with E-state index in [-0.39, 0.29) is 0 Å². The van der Waals surface area contributed by atoms with Gasteiger partial charge in [0.15, 0.2) is 0 Å². The first-order chi connectivity index (χ1) is 20.6. The third-order valence-electron chi connectivity index (χ3n) is 7.64. The Morgan fingerprint density at radius 1 is 0.429 bits per heavy atom. The number of aryl methyl sites for hydroxylation is 2. The van der Waals surface area contributed by atoms with Crippen molar-refractivity contribution in [2.24, 2.45) is 0 Å². The van der Waals surface area contributed by atoms with E-state index < -0.39 is 5.43 Å². The van der Waals surface area contributed by atoms with Gasteiger partial charge < -0.3 is 0 Å². The van der Waals surface area contributed by atoms with Gasteiger partial charge in [-0.15, -0.1) is 56.9 Å². The summed E-state index contributed by atoms with van der Waals surface area (Å²) in [6.07, 6.45) is 0. The fourth-order valence-corrected chi connectivity index (χ4v) is 9.45. The van der Waals surface area contributed by atoms with Crippen LogP contribution in [0.1, 0.15) is 11.1 Å². The molecule has 0 amide bonds. The Hall–Kier alpha value is -3.84. The average Bonchev–Trinajstić information content (AvgIpc) is 3.63. The van der Waals surface area contributed by atoms with Gasteiger partial charge in [-0.1, -0.05) is 96.1 Å². The summed E-state index contributed by atoms with van der Waals surface area (Å²) in [6, 6.07) is 56.5. The normalized spacial score (nSPS) is 10.8. The van der Waals surface area contributed by atoms with Gasteiger partial charge in [0, 0.05) is 0 Å². The van der Waals surface area contributed by atoms with Crippen LogP contribution in [0.2, 0.25) is 0 Å². The van der Waals surface area contributed by atoms with E-state index in [2.05, 4.69) is 172 Å². The number of benzene rings is 6. The molecule has 8 rings (SSSR count). The van der Waals surface area contributed by atoms with Crippen LogP contribution in [0.3, 0.4) is 0 Å². The predicted octanol–water partition coefficient (Wildman–Crippen LogP) is 9.38. The zero-order chi connectivity index (χ0) is 28.9. The second kappa shape index (κ2) is 13.0. The SMILES string of the molecule is Cc1cc2ccc3ccccc3c2[cH-]1.Cc1cc2ccc3ccccc3c2[cH-]1.[Zr+2]=[Si](c1ccccc1)c1ccccc1. The fourth-order valence-electron chi connectivity index (χ4n) is 5.60. The maximum atomic E-state index is 2.26. The Morgan fingerprint density at radius 3 is 1.21 bits per heavy atom. The van der Waals surface area contributed by atoms with E-state index in [9.17, 15) is 0 Å². The first kappa shape index (κ1) is 28.3. The van der Waals surface area contributed by atoms with Crippen molar-refractivity contribution in [3.8, 4) is 0 Å². The molecule has 8 aromatic carbocycles. The molecular weight excluding hydrogens is 600 g/mol. The molecule has 0 saturated heterocycles. The van der Waals surface area contributed by atoms with Crippen LogP contribution in [-0.4, -0.2) is 5.43 Å². The Balaban J connectivity index is 0.000000113. The van der Waals surface area contributed by atoms with Gasteiger partial charge in [-0.05, 0) is 0 Å². The Labute approximate surface area is 263 Å². The fraction of sp³-hybridized carbons (Fsp3) is 0.0500. The summed E-state index contributed by atoms with van der Waals surface area (Å²) in [6.45, 7) is 4.30. The Bertz CT molecular complexity index is 1960. The monoisotopic (exact) mass is 630 g/mol. The number of rotatable bonds is 2. The molecular formula is C40H32SiZr. The van der Waals surface area contributed by atoms with Crippen LogP contribution in [0.4, 0.5) is 0 Å². The summed E-state index contributed by atoms with van der Waals surface area (Å²) in [7, 11) is 0. The van der Waals surface area contributed by atoms with Gasteiger partial charge in [-0.3, -0.25) is 0 Å². The molecule has 0 aromatic heterocycles. The van der Waals surface area contributed by atoms with E-state index in [0.29, 0.717) is 0 Å². The molecule has 42 heavy (non-hydrogen) atoms. The summed E-state index contributed by atoms with van der Waals surface area (Å²) < 4.78 is 0. The van der Waals surface area contributed by atoms with Crippen LogP contribution < -0.4 is 10.4 Å². The molecule has 0 radical (unpaired) electrons. The molecule has 0 spiro atoms. The van der Waals surface area contributed by atoms with Crippen LogP contribution >= 0.6 is 0 Å².